The van der Waals surface area contributed by atoms with Crippen LogP contribution in [0.15, 0.2) is 109 Å². The summed E-state index contributed by atoms with van der Waals surface area (Å²) >= 11 is 0. The van der Waals surface area contributed by atoms with Gasteiger partial charge in [-0.2, -0.15) is 0 Å². The second-order valence-corrected chi connectivity index (χ2v) is 27.0. The topological polar surface area (TPSA) is 108 Å². The predicted octanol–water partition coefficient (Wildman–Crippen LogP) is 24.1. The second-order valence-electron chi connectivity index (χ2n) is 25.6. The number of esters is 2. The van der Waals surface area contributed by atoms with Gasteiger partial charge in [0.05, 0.1) is 27.7 Å². The number of hydrogen-bond acceptors (Lipinski definition) is 7. The molecule has 0 radical (unpaired) electrons. The molecule has 0 heterocycles. The van der Waals surface area contributed by atoms with Gasteiger partial charge >= 0.3 is 19.8 Å². The van der Waals surface area contributed by atoms with Crippen molar-refractivity contribution in [3.8, 4) is 0 Å². The van der Waals surface area contributed by atoms with E-state index in [0.717, 1.165) is 96.3 Å². The Labute approximate surface area is 544 Å². The molecule has 0 aliphatic heterocycles. The fraction of sp³-hybridized carbons (Fsp3) is 0.744. The van der Waals surface area contributed by atoms with E-state index in [-0.39, 0.29) is 32.0 Å². The standard InChI is InChI=1S/C78H138NO8P/c1-6-8-10-12-14-16-18-20-22-24-26-28-30-32-34-36-38-39-41-43-45-47-49-51-53-55-57-59-61-63-65-67-69-71-78(81)87-76(75-86-88(82,83)85-73-72-79(3,4)5)74-84-77(80)70-68-66-64-62-60-58-56-54-52-50-48-46-44-42-40-37-35-33-31-29-27-25-23-21-19-17-15-13-11-9-7-2/h8,10,14,16,20,22,25-28,32,34,38-39,43,45,49,51,76H,6-7,9,11-13,15,17-19,21,23-24,29-31,33,35-37,40-42,44,46-48,50,52-75H2,1-5H3/p+1/b10-8-,16-14-,22-20-,27-25-,28-26-,34-32-,39-38-,45-43-,51-49-. The van der Waals surface area contributed by atoms with Crippen molar-refractivity contribution in [3.63, 3.8) is 0 Å². The fourth-order valence-electron chi connectivity index (χ4n) is 10.2. The minimum Gasteiger partial charge on any atom is -0.462 e. The summed E-state index contributed by atoms with van der Waals surface area (Å²) in [5.74, 6) is -0.800. The summed E-state index contributed by atoms with van der Waals surface area (Å²) in [4.78, 5) is 35.9. The van der Waals surface area contributed by atoms with Gasteiger partial charge < -0.3 is 18.9 Å². The molecule has 0 fully saturated rings. The van der Waals surface area contributed by atoms with Crippen molar-refractivity contribution in [2.45, 2.75) is 328 Å². The number of carbonyl (C=O) groups is 2. The minimum absolute atomic E-state index is 0.0263. The number of allylic oxidation sites excluding steroid dienone is 18. The maximum atomic E-state index is 12.9. The van der Waals surface area contributed by atoms with Crippen LogP contribution in [-0.4, -0.2) is 74.9 Å². The van der Waals surface area contributed by atoms with Crippen LogP contribution in [0.4, 0.5) is 0 Å². The molecule has 0 saturated heterocycles. The molecule has 0 spiro atoms. The normalized spacial score (nSPS) is 13.8. The van der Waals surface area contributed by atoms with Crippen molar-refractivity contribution >= 4 is 19.8 Å². The van der Waals surface area contributed by atoms with Gasteiger partial charge in [0.1, 0.15) is 19.8 Å². The van der Waals surface area contributed by atoms with Crippen LogP contribution in [0.3, 0.4) is 0 Å². The second kappa shape index (κ2) is 68.0. The SMILES string of the molecule is CC/C=C\C/C=C\C/C=C\C/C=C\C/C=C\C/C=C\C/C=C\C/C=C\CCCCCCCCCCC(=O)OC(COC(=O)CCCCCCCCCCCCCCCCCCCCC/C=C\CCCCCCCCCC)COP(=O)(O)OCC[N+](C)(C)C. The molecule has 0 aliphatic rings. The molecule has 0 rings (SSSR count). The molecule has 0 aromatic rings. The summed E-state index contributed by atoms with van der Waals surface area (Å²) in [7, 11) is 1.47. The molecule has 508 valence electrons. The lowest BCUT2D eigenvalue weighted by Gasteiger charge is -2.24. The molecule has 0 aromatic heterocycles. The third-order valence-corrected chi connectivity index (χ3v) is 16.8. The monoisotopic (exact) mass is 1250 g/mol. The van der Waals surface area contributed by atoms with Gasteiger partial charge in [0, 0.05) is 12.8 Å². The van der Waals surface area contributed by atoms with Crippen LogP contribution in [-0.2, 0) is 32.7 Å². The summed E-state index contributed by atoms with van der Waals surface area (Å²) in [6.45, 7) is 4.34. The highest BCUT2D eigenvalue weighted by molar-refractivity contribution is 7.47. The number of ether oxygens (including phenoxy) is 2. The van der Waals surface area contributed by atoms with Crippen molar-refractivity contribution in [2.24, 2.45) is 0 Å². The Morgan fingerprint density at radius 1 is 0.364 bits per heavy atom. The molecule has 2 unspecified atom stereocenters. The number of quaternary nitrogens is 1. The Balaban J connectivity index is 4.07. The Morgan fingerprint density at radius 3 is 0.977 bits per heavy atom. The largest absolute Gasteiger partial charge is 0.472 e. The minimum atomic E-state index is -4.40. The van der Waals surface area contributed by atoms with E-state index in [0.29, 0.717) is 17.4 Å². The van der Waals surface area contributed by atoms with Gasteiger partial charge in [-0.15, -0.1) is 0 Å². The van der Waals surface area contributed by atoms with Crippen LogP contribution < -0.4 is 0 Å². The van der Waals surface area contributed by atoms with Crippen molar-refractivity contribution in [1.82, 2.24) is 0 Å². The number of rotatable bonds is 67. The van der Waals surface area contributed by atoms with Gasteiger partial charge in [0.25, 0.3) is 0 Å². The van der Waals surface area contributed by atoms with E-state index in [1.165, 1.54) is 193 Å². The van der Waals surface area contributed by atoms with Crippen molar-refractivity contribution < 1.29 is 42.1 Å². The molecule has 0 aliphatic carbocycles. The maximum absolute atomic E-state index is 12.9. The number of phosphoric ester groups is 1. The molecule has 2 atom stereocenters. The molecule has 0 aromatic carbocycles. The van der Waals surface area contributed by atoms with Crippen molar-refractivity contribution in [3.05, 3.63) is 109 Å². The van der Waals surface area contributed by atoms with Gasteiger partial charge in [0.15, 0.2) is 6.10 Å². The lowest BCUT2D eigenvalue weighted by Crippen LogP contribution is -2.37. The predicted molar refractivity (Wildman–Crippen MR) is 381 cm³/mol. The molecule has 9 nitrogen and oxygen atoms in total. The number of nitrogens with zero attached hydrogens (tertiary/aromatic N) is 1. The highest BCUT2D eigenvalue weighted by atomic mass is 31.2. The molecular formula is C78H139NO8P+. The summed E-state index contributed by atoms with van der Waals surface area (Å²) in [6, 6.07) is 0. The lowest BCUT2D eigenvalue weighted by molar-refractivity contribution is -0.870. The van der Waals surface area contributed by atoms with E-state index >= 15 is 0 Å². The fourth-order valence-corrected chi connectivity index (χ4v) is 10.9. The zero-order valence-electron chi connectivity index (χ0n) is 57.9. The van der Waals surface area contributed by atoms with Crippen molar-refractivity contribution in [1.29, 1.82) is 0 Å². The molecule has 1 N–H and O–H groups in total. The summed E-state index contributed by atoms with van der Waals surface area (Å²) in [5, 5.41) is 0. The van der Waals surface area contributed by atoms with Crippen LogP contribution in [0.25, 0.3) is 0 Å². The van der Waals surface area contributed by atoms with Crippen LogP contribution >= 0.6 is 7.82 Å². The molecular weight excluding hydrogens is 1110 g/mol. The van der Waals surface area contributed by atoms with Crippen LogP contribution in [0, 0.1) is 0 Å². The Morgan fingerprint density at radius 2 is 0.648 bits per heavy atom. The van der Waals surface area contributed by atoms with Gasteiger partial charge in [-0.1, -0.05) is 316 Å². The number of unbranched alkanes of at least 4 members (excludes halogenated alkanes) is 35. The highest BCUT2D eigenvalue weighted by Crippen LogP contribution is 2.43. The van der Waals surface area contributed by atoms with E-state index in [1.807, 2.05) is 21.1 Å². The first-order valence-electron chi connectivity index (χ1n) is 36.6. The number of carbonyl (C=O) groups excluding carboxylic acids is 2. The third-order valence-electron chi connectivity index (χ3n) is 15.8. The molecule has 0 amide bonds. The van der Waals surface area contributed by atoms with E-state index in [1.54, 1.807) is 0 Å². The average Bonchev–Trinajstić information content (AvgIpc) is 3.56. The van der Waals surface area contributed by atoms with Gasteiger partial charge in [-0.3, -0.25) is 18.6 Å². The summed E-state index contributed by atoms with van der Waals surface area (Å²) < 4.78 is 34.7. The molecule has 10 heteroatoms. The molecule has 0 bridgehead atoms. The summed E-state index contributed by atoms with van der Waals surface area (Å²) in [6.07, 6.45) is 96.3. The Bertz CT molecular complexity index is 1850. The number of phosphoric acid groups is 1. The Kier molecular flexibility index (Phi) is 65.5. The van der Waals surface area contributed by atoms with E-state index in [4.69, 9.17) is 18.5 Å². The zero-order chi connectivity index (χ0) is 64.1. The molecule has 88 heavy (non-hydrogen) atoms. The lowest BCUT2D eigenvalue weighted by atomic mass is 10.0. The van der Waals surface area contributed by atoms with Crippen LogP contribution in [0.5, 0.6) is 0 Å². The first kappa shape index (κ1) is 84.7. The highest BCUT2D eigenvalue weighted by Gasteiger charge is 2.27. The number of hydrogen-bond donors (Lipinski definition) is 1. The molecule has 0 saturated carbocycles. The average molecular weight is 1250 g/mol. The van der Waals surface area contributed by atoms with Gasteiger partial charge in [0.2, 0.25) is 0 Å². The van der Waals surface area contributed by atoms with Crippen LogP contribution in [0.2, 0.25) is 0 Å². The zero-order valence-corrected chi connectivity index (χ0v) is 58.8. The van der Waals surface area contributed by atoms with Gasteiger partial charge in [-0.05, 0) is 103 Å². The van der Waals surface area contributed by atoms with E-state index in [2.05, 4.69) is 123 Å². The quantitative estimate of drug-likeness (QED) is 0.0211. The smallest absolute Gasteiger partial charge is 0.462 e. The van der Waals surface area contributed by atoms with Crippen molar-refractivity contribution in [2.75, 3.05) is 47.5 Å². The van der Waals surface area contributed by atoms with E-state index < -0.39 is 26.5 Å². The first-order valence-corrected chi connectivity index (χ1v) is 38.1. The van der Waals surface area contributed by atoms with Gasteiger partial charge in [-0.25, -0.2) is 4.57 Å². The Hall–Kier alpha value is -3.33. The maximum Gasteiger partial charge on any atom is 0.472 e. The first-order chi connectivity index (χ1) is 43.0. The third kappa shape index (κ3) is 71.7. The summed E-state index contributed by atoms with van der Waals surface area (Å²) in [5.41, 5.74) is 0. The number of likely N-dealkylation sites (N-methyl/N-ethyl adjacent to an activating group) is 1. The van der Waals surface area contributed by atoms with Crippen LogP contribution in [0.1, 0.15) is 322 Å². The van der Waals surface area contributed by atoms with E-state index in [9.17, 15) is 19.0 Å².